The predicted molar refractivity (Wildman–Crippen MR) is 107 cm³/mol. The van der Waals surface area contributed by atoms with Crippen LogP contribution in [0.2, 0.25) is 0 Å². The molecule has 0 spiro atoms. The van der Waals surface area contributed by atoms with Gasteiger partial charge in [0.05, 0.1) is 35.9 Å². The standard InChI is InChI=1S/C19H24N6OS/c20-19(18-25-24-17(27-18)12-3-1-2-4-12)7-5-15-16(23-19)9-14(10-21-15)22-13-6-8-26-11-13/h5,7,9-10,12-13,22-23H,1-4,6,8,11,20H2. The van der Waals surface area contributed by atoms with Crippen LogP contribution in [0.1, 0.15) is 53.7 Å². The fourth-order valence-electron chi connectivity index (χ4n) is 4.01. The van der Waals surface area contributed by atoms with Gasteiger partial charge >= 0.3 is 0 Å². The lowest BCUT2D eigenvalue weighted by Gasteiger charge is -2.30. The Hall–Kier alpha value is -2.03. The van der Waals surface area contributed by atoms with Gasteiger partial charge in [-0.2, -0.15) is 0 Å². The first kappa shape index (κ1) is 17.1. The van der Waals surface area contributed by atoms with Gasteiger partial charge in [0.25, 0.3) is 0 Å². The Morgan fingerprint density at radius 3 is 2.96 bits per heavy atom. The zero-order valence-corrected chi connectivity index (χ0v) is 16.0. The lowest BCUT2D eigenvalue weighted by atomic mass is 10.1. The predicted octanol–water partition coefficient (Wildman–Crippen LogP) is 3.04. The Bertz CT molecular complexity index is 856. The summed E-state index contributed by atoms with van der Waals surface area (Å²) in [6.07, 6.45) is 11.8. The van der Waals surface area contributed by atoms with Gasteiger partial charge in [-0.1, -0.05) is 24.2 Å². The van der Waals surface area contributed by atoms with Crippen molar-refractivity contribution < 1.29 is 4.74 Å². The van der Waals surface area contributed by atoms with Crippen molar-refractivity contribution >= 4 is 28.8 Å². The fraction of sp³-hybridized carbons (Fsp3) is 0.526. The van der Waals surface area contributed by atoms with Gasteiger partial charge < -0.3 is 15.4 Å². The smallest absolute Gasteiger partial charge is 0.161 e. The van der Waals surface area contributed by atoms with Crippen LogP contribution in [0.5, 0.6) is 0 Å². The molecule has 8 heteroatoms. The van der Waals surface area contributed by atoms with Crippen LogP contribution in [-0.2, 0) is 10.4 Å². The fourth-order valence-corrected chi connectivity index (χ4v) is 5.06. The topological polar surface area (TPSA) is 98.0 Å². The molecule has 0 amide bonds. The van der Waals surface area contributed by atoms with E-state index >= 15 is 0 Å². The van der Waals surface area contributed by atoms with Gasteiger partial charge in [0, 0.05) is 12.5 Å². The SMILES string of the molecule is NC1(c2nnc(C3CCCC3)s2)C=Cc2ncc(NC3CCOC3)cc2N1. The van der Waals surface area contributed by atoms with Crippen molar-refractivity contribution in [3.63, 3.8) is 0 Å². The molecule has 1 saturated heterocycles. The lowest BCUT2D eigenvalue weighted by molar-refractivity contribution is 0.195. The Morgan fingerprint density at radius 1 is 1.26 bits per heavy atom. The zero-order valence-electron chi connectivity index (χ0n) is 15.1. The average molecular weight is 385 g/mol. The first-order chi connectivity index (χ1) is 13.2. The molecule has 1 saturated carbocycles. The molecule has 27 heavy (non-hydrogen) atoms. The van der Waals surface area contributed by atoms with Crippen LogP contribution in [0.15, 0.2) is 18.3 Å². The second-order valence-electron chi connectivity index (χ2n) is 7.62. The number of fused-ring (bicyclic) bond motifs is 1. The van der Waals surface area contributed by atoms with E-state index in [4.69, 9.17) is 10.5 Å². The third-order valence-corrected chi connectivity index (χ3v) is 6.80. The third-order valence-electron chi connectivity index (χ3n) is 5.56. The molecule has 2 unspecified atom stereocenters. The molecule has 0 aromatic carbocycles. The Morgan fingerprint density at radius 2 is 2.15 bits per heavy atom. The monoisotopic (exact) mass is 384 g/mol. The number of nitrogens with zero attached hydrogens (tertiary/aromatic N) is 3. The summed E-state index contributed by atoms with van der Waals surface area (Å²) in [7, 11) is 0. The number of anilines is 2. The van der Waals surface area contributed by atoms with Gasteiger partial charge in [-0.25, -0.2) is 0 Å². The minimum absolute atomic E-state index is 0.337. The number of pyridine rings is 1. The van der Waals surface area contributed by atoms with E-state index in [1.54, 1.807) is 11.3 Å². The van der Waals surface area contributed by atoms with Crippen LogP contribution < -0.4 is 16.4 Å². The Labute approximate surface area is 162 Å². The molecule has 0 bridgehead atoms. The number of aromatic nitrogens is 3. The molecule has 2 fully saturated rings. The second kappa shape index (κ2) is 6.85. The maximum atomic E-state index is 6.66. The Balaban J connectivity index is 1.37. The molecule has 7 nitrogen and oxygen atoms in total. The van der Waals surface area contributed by atoms with E-state index in [0.29, 0.717) is 12.0 Å². The van der Waals surface area contributed by atoms with E-state index < -0.39 is 5.66 Å². The van der Waals surface area contributed by atoms with Crippen molar-refractivity contribution in [2.24, 2.45) is 5.73 Å². The van der Waals surface area contributed by atoms with Crippen LogP contribution >= 0.6 is 11.3 Å². The highest BCUT2D eigenvalue weighted by atomic mass is 32.1. The van der Waals surface area contributed by atoms with E-state index in [0.717, 1.165) is 46.7 Å². The van der Waals surface area contributed by atoms with Crippen molar-refractivity contribution in [3.8, 4) is 0 Å². The van der Waals surface area contributed by atoms with Crippen molar-refractivity contribution in [2.45, 2.75) is 49.7 Å². The van der Waals surface area contributed by atoms with Gasteiger partial charge in [-0.05, 0) is 37.5 Å². The summed E-state index contributed by atoms with van der Waals surface area (Å²) in [5.41, 5.74) is 8.57. The molecule has 142 valence electrons. The summed E-state index contributed by atoms with van der Waals surface area (Å²) < 4.78 is 5.43. The molecule has 4 heterocycles. The van der Waals surface area contributed by atoms with E-state index in [2.05, 4.69) is 31.9 Å². The molecule has 3 aliphatic rings. The summed E-state index contributed by atoms with van der Waals surface area (Å²) in [5, 5.41) is 17.7. The summed E-state index contributed by atoms with van der Waals surface area (Å²) in [4.78, 5) is 4.55. The summed E-state index contributed by atoms with van der Waals surface area (Å²) in [6, 6.07) is 2.40. The molecule has 2 aromatic heterocycles. The molecular weight excluding hydrogens is 360 g/mol. The highest BCUT2D eigenvalue weighted by Gasteiger charge is 2.34. The molecule has 2 atom stereocenters. The average Bonchev–Trinajstić information content (AvgIpc) is 3.42. The number of hydrogen-bond donors (Lipinski definition) is 3. The van der Waals surface area contributed by atoms with E-state index in [1.807, 2.05) is 18.3 Å². The third kappa shape index (κ3) is 3.33. The number of nitrogens with two attached hydrogens (primary N) is 1. The number of ether oxygens (including phenoxy) is 1. The number of rotatable bonds is 4. The number of hydrogen-bond acceptors (Lipinski definition) is 8. The minimum Gasteiger partial charge on any atom is -0.379 e. The Kier molecular flexibility index (Phi) is 4.34. The summed E-state index contributed by atoms with van der Waals surface area (Å²) >= 11 is 1.63. The summed E-state index contributed by atoms with van der Waals surface area (Å²) in [5.74, 6) is 0.547. The van der Waals surface area contributed by atoms with Crippen molar-refractivity contribution in [1.82, 2.24) is 15.2 Å². The van der Waals surface area contributed by atoms with Gasteiger partial charge in [0.1, 0.15) is 5.01 Å². The maximum absolute atomic E-state index is 6.66. The van der Waals surface area contributed by atoms with E-state index in [-0.39, 0.29) is 0 Å². The van der Waals surface area contributed by atoms with Gasteiger partial charge in [-0.15, -0.1) is 10.2 Å². The summed E-state index contributed by atoms with van der Waals surface area (Å²) in [6.45, 7) is 1.54. The normalized spacial score (nSPS) is 27.5. The van der Waals surface area contributed by atoms with Crippen LogP contribution in [0.25, 0.3) is 6.08 Å². The highest BCUT2D eigenvalue weighted by molar-refractivity contribution is 7.11. The maximum Gasteiger partial charge on any atom is 0.161 e. The van der Waals surface area contributed by atoms with Gasteiger partial charge in [-0.3, -0.25) is 10.7 Å². The van der Waals surface area contributed by atoms with E-state index in [9.17, 15) is 0 Å². The molecular formula is C19H24N6OS. The van der Waals surface area contributed by atoms with Crippen LogP contribution in [0.3, 0.4) is 0 Å². The van der Waals surface area contributed by atoms with Crippen molar-refractivity contribution in [3.05, 3.63) is 34.0 Å². The molecule has 2 aromatic rings. The molecule has 4 N–H and O–H groups in total. The zero-order chi connectivity index (χ0) is 18.3. The van der Waals surface area contributed by atoms with Crippen LogP contribution in [-0.4, -0.2) is 34.4 Å². The van der Waals surface area contributed by atoms with Crippen molar-refractivity contribution in [2.75, 3.05) is 23.8 Å². The molecule has 5 rings (SSSR count). The van der Waals surface area contributed by atoms with Crippen LogP contribution in [0.4, 0.5) is 11.4 Å². The number of nitrogens with one attached hydrogen (secondary N) is 2. The largest absolute Gasteiger partial charge is 0.379 e. The molecule has 2 aliphatic heterocycles. The lowest BCUT2D eigenvalue weighted by Crippen LogP contribution is -2.44. The second-order valence-corrected chi connectivity index (χ2v) is 8.62. The molecule has 1 aliphatic carbocycles. The van der Waals surface area contributed by atoms with Crippen LogP contribution in [0, 0.1) is 0 Å². The van der Waals surface area contributed by atoms with Gasteiger partial charge in [0.2, 0.25) is 0 Å². The minimum atomic E-state index is -0.849. The van der Waals surface area contributed by atoms with Gasteiger partial charge in [0.15, 0.2) is 10.7 Å². The highest BCUT2D eigenvalue weighted by Crippen LogP contribution is 2.39. The van der Waals surface area contributed by atoms with Crippen molar-refractivity contribution in [1.29, 1.82) is 0 Å². The quantitative estimate of drug-likeness (QED) is 0.745. The first-order valence-corrected chi connectivity index (χ1v) is 10.5. The molecule has 0 radical (unpaired) electrons. The first-order valence-electron chi connectivity index (χ1n) is 9.64. The van der Waals surface area contributed by atoms with E-state index in [1.165, 1.54) is 25.7 Å².